The van der Waals surface area contributed by atoms with Crippen molar-refractivity contribution in [3.63, 3.8) is 0 Å². The number of likely N-dealkylation sites (N-methyl/N-ethyl adjacent to an activating group) is 1. The Morgan fingerprint density at radius 1 is 1.23 bits per heavy atom. The Bertz CT molecular complexity index is 1340. The highest BCUT2D eigenvalue weighted by Crippen LogP contribution is 2.35. The van der Waals surface area contributed by atoms with Crippen LogP contribution in [-0.4, -0.2) is 65.1 Å². The van der Waals surface area contributed by atoms with E-state index in [9.17, 15) is 18.8 Å². The highest BCUT2D eigenvalue weighted by molar-refractivity contribution is 6.34. The molecule has 40 heavy (non-hydrogen) atoms. The van der Waals surface area contributed by atoms with E-state index in [1.54, 1.807) is 18.2 Å². The van der Waals surface area contributed by atoms with E-state index in [-0.39, 0.29) is 17.6 Å². The summed E-state index contributed by atoms with van der Waals surface area (Å²) in [6.07, 6.45) is 5.68. The number of halogens is 1. The van der Waals surface area contributed by atoms with Crippen LogP contribution < -0.4 is 5.32 Å². The van der Waals surface area contributed by atoms with Crippen molar-refractivity contribution >= 4 is 34.9 Å². The summed E-state index contributed by atoms with van der Waals surface area (Å²) in [5.74, 6) is 0.0291. The lowest BCUT2D eigenvalue weighted by Gasteiger charge is -2.30. The molecule has 214 valence electrons. The first-order chi connectivity index (χ1) is 18.9. The minimum absolute atomic E-state index is 0.0348. The van der Waals surface area contributed by atoms with Crippen LogP contribution in [0.3, 0.4) is 0 Å². The van der Waals surface area contributed by atoms with Crippen molar-refractivity contribution in [3.05, 3.63) is 76.4 Å². The van der Waals surface area contributed by atoms with E-state index in [2.05, 4.69) is 42.6 Å². The number of nitrogens with zero attached hydrogens (tertiary/aromatic N) is 2. The summed E-state index contributed by atoms with van der Waals surface area (Å²) in [7, 11) is 0. The van der Waals surface area contributed by atoms with Crippen molar-refractivity contribution in [1.29, 1.82) is 0 Å². The van der Waals surface area contributed by atoms with Crippen molar-refractivity contribution in [2.45, 2.75) is 48.0 Å². The minimum Gasteiger partial charge on any atom is -0.358 e. The maximum absolute atomic E-state index is 13.8. The van der Waals surface area contributed by atoms with Gasteiger partial charge in [-0.1, -0.05) is 39.0 Å². The molecule has 1 aromatic carbocycles. The molecular formula is C32H41FN4O3. The largest absolute Gasteiger partial charge is 0.358 e. The van der Waals surface area contributed by atoms with Gasteiger partial charge in [-0.3, -0.25) is 14.4 Å². The summed E-state index contributed by atoms with van der Waals surface area (Å²) in [4.78, 5) is 43.6. The molecule has 8 heteroatoms. The summed E-state index contributed by atoms with van der Waals surface area (Å²) in [6, 6.07) is 4.26. The smallest absolute Gasteiger partial charge is 0.256 e. The molecule has 0 spiro atoms. The lowest BCUT2D eigenvalue weighted by Crippen LogP contribution is -2.43. The number of H-pyrrole nitrogens is 1. The zero-order valence-electron chi connectivity index (χ0n) is 24.5. The van der Waals surface area contributed by atoms with Crippen molar-refractivity contribution in [2.24, 2.45) is 5.92 Å². The summed E-state index contributed by atoms with van der Waals surface area (Å²) in [5.41, 5.74) is 5.60. The Balaban J connectivity index is 0.000000482. The van der Waals surface area contributed by atoms with E-state index >= 15 is 0 Å². The first-order valence-corrected chi connectivity index (χ1v) is 13.8. The number of allylic oxidation sites excluding steroid dienone is 3. The Kier molecular flexibility index (Phi) is 10.4. The monoisotopic (exact) mass is 548 g/mol. The molecule has 0 fully saturated rings. The van der Waals surface area contributed by atoms with Gasteiger partial charge >= 0.3 is 0 Å². The number of rotatable bonds is 9. The lowest BCUT2D eigenvalue weighted by molar-refractivity contribution is -0.113. The number of amides is 2. The van der Waals surface area contributed by atoms with Gasteiger partial charge in [-0.05, 0) is 69.1 Å². The fourth-order valence-corrected chi connectivity index (χ4v) is 4.89. The first-order valence-electron chi connectivity index (χ1n) is 13.8. The number of ketones is 1. The molecule has 0 aliphatic carbocycles. The lowest BCUT2D eigenvalue weighted by atomic mass is 10.0. The van der Waals surface area contributed by atoms with Crippen molar-refractivity contribution in [1.82, 2.24) is 14.8 Å². The predicted octanol–water partition coefficient (Wildman–Crippen LogP) is 5.64. The zero-order chi connectivity index (χ0) is 29.6. The molecule has 0 saturated heterocycles. The van der Waals surface area contributed by atoms with E-state index in [0.29, 0.717) is 41.4 Å². The van der Waals surface area contributed by atoms with Crippen LogP contribution in [0.1, 0.15) is 67.5 Å². The molecule has 2 amide bonds. The van der Waals surface area contributed by atoms with Crippen LogP contribution in [0.2, 0.25) is 0 Å². The third-order valence-corrected chi connectivity index (χ3v) is 6.91. The van der Waals surface area contributed by atoms with Gasteiger partial charge in [0.05, 0.1) is 11.1 Å². The Labute approximate surface area is 236 Å². The molecule has 0 saturated carbocycles. The van der Waals surface area contributed by atoms with Gasteiger partial charge in [-0.2, -0.15) is 0 Å². The second kappa shape index (κ2) is 13.5. The van der Waals surface area contributed by atoms with E-state index in [1.807, 2.05) is 18.7 Å². The number of carbonyl (C=O) groups excluding carboxylic acids is 3. The molecule has 2 N–H and O–H groups in total. The number of anilines is 1. The van der Waals surface area contributed by atoms with E-state index in [4.69, 9.17) is 0 Å². The van der Waals surface area contributed by atoms with Crippen molar-refractivity contribution < 1.29 is 18.8 Å². The maximum atomic E-state index is 13.8. The highest BCUT2D eigenvalue weighted by Gasteiger charge is 2.30. The fourth-order valence-electron chi connectivity index (χ4n) is 4.89. The van der Waals surface area contributed by atoms with Crippen LogP contribution in [0.15, 0.2) is 42.5 Å². The van der Waals surface area contributed by atoms with Crippen molar-refractivity contribution in [2.75, 3.05) is 38.0 Å². The topological polar surface area (TPSA) is 85.5 Å². The molecule has 7 nitrogen and oxygen atoms in total. The molecular weight excluding hydrogens is 507 g/mol. The number of fused-ring (bicyclic) bond motifs is 2. The molecule has 2 aliphatic heterocycles. The zero-order valence-corrected chi connectivity index (χ0v) is 24.5. The van der Waals surface area contributed by atoms with E-state index < -0.39 is 5.82 Å². The molecule has 1 aromatic heterocycles. The number of nitrogens with one attached hydrogen (secondary N) is 2. The second-order valence-electron chi connectivity index (χ2n) is 10.8. The SMILES string of the molecule is C=C(C)/C=C\C(C)=O.CCN(CCN1CCc2[nH]c(/C=C3\C(=O)Nc4ccc(F)cc43)c(C)c2C1=O)CC(C)C. The van der Waals surface area contributed by atoms with Crippen LogP contribution in [0.5, 0.6) is 0 Å². The van der Waals surface area contributed by atoms with Gasteiger partial charge in [-0.15, -0.1) is 0 Å². The number of hydrogen-bond acceptors (Lipinski definition) is 4. The van der Waals surface area contributed by atoms with Crippen LogP contribution in [0.25, 0.3) is 11.6 Å². The molecule has 0 bridgehead atoms. The normalized spacial score (nSPS) is 15.4. The number of hydrogen-bond donors (Lipinski definition) is 2. The minimum atomic E-state index is -0.391. The number of benzene rings is 1. The average Bonchev–Trinajstić information content (AvgIpc) is 3.37. The maximum Gasteiger partial charge on any atom is 0.256 e. The van der Waals surface area contributed by atoms with E-state index in [0.717, 1.165) is 48.6 Å². The first kappa shape index (κ1) is 30.8. The number of carbonyl (C=O) groups is 3. The van der Waals surface area contributed by atoms with Crippen LogP contribution >= 0.6 is 0 Å². The Morgan fingerprint density at radius 2 is 1.95 bits per heavy atom. The quantitative estimate of drug-likeness (QED) is 0.314. The van der Waals surface area contributed by atoms with Crippen LogP contribution in [0.4, 0.5) is 10.1 Å². The van der Waals surface area contributed by atoms with Crippen LogP contribution in [-0.2, 0) is 16.0 Å². The van der Waals surface area contributed by atoms with Gasteiger partial charge in [0, 0.05) is 55.2 Å². The molecule has 4 rings (SSSR count). The number of aromatic amines is 1. The van der Waals surface area contributed by atoms with Gasteiger partial charge in [-0.25, -0.2) is 4.39 Å². The second-order valence-corrected chi connectivity index (χ2v) is 10.8. The van der Waals surface area contributed by atoms with Gasteiger partial charge in [0.25, 0.3) is 11.8 Å². The van der Waals surface area contributed by atoms with Crippen LogP contribution in [0, 0.1) is 18.7 Å². The van der Waals surface area contributed by atoms with Crippen molar-refractivity contribution in [3.8, 4) is 0 Å². The predicted molar refractivity (Wildman–Crippen MR) is 160 cm³/mol. The molecule has 3 heterocycles. The molecule has 0 unspecified atom stereocenters. The van der Waals surface area contributed by atoms with Gasteiger partial charge < -0.3 is 20.1 Å². The van der Waals surface area contributed by atoms with Gasteiger partial charge in [0.15, 0.2) is 5.78 Å². The summed E-state index contributed by atoms with van der Waals surface area (Å²) < 4.78 is 13.8. The summed E-state index contributed by atoms with van der Waals surface area (Å²) >= 11 is 0. The summed E-state index contributed by atoms with van der Waals surface area (Å²) in [6.45, 7) is 19.6. The van der Waals surface area contributed by atoms with E-state index in [1.165, 1.54) is 25.1 Å². The number of aromatic nitrogens is 1. The third kappa shape index (κ3) is 7.66. The average molecular weight is 549 g/mol. The van der Waals surface area contributed by atoms with Gasteiger partial charge in [0.1, 0.15) is 5.82 Å². The van der Waals surface area contributed by atoms with Gasteiger partial charge in [0.2, 0.25) is 0 Å². The third-order valence-electron chi connectivity index (χ3n) is 6.91. The standard InChI is InChI=1S/C25H31FN4O2.C7H10O/c1-5-29(14-15(2)3)10-11-30-9-8-21-23(25(30)32)16(4)22(27-21)13-19-18-12-17(26)6-7-20(18)28-24(19)31;1-6(2)4-5-7(3)8/h6-7,12-13,15,27H,5,8-11,14H2,1-4H3,(H,28,31);4-5H,1H2,2-3H3/b19-13-;5-4-. The fraction of sp³-hybridized carbons (Fsp3) is 0.406. The molecule has 2 aromatic rings. The molecule has 0 radical (unpaired) electrons. The molecule has 0 atom stereocenters. The Morgan fingerprint density at radius 3 is 2.55 bits per heavy atom. The Hall–Kier alpha value is -3.78. The molecule has 2 aliphatic rings. The highest BCUT2D eigenvalue weighted by atomic mass is 19.1. The summed E-state index contributed by atoms with van der Waals surface area (Å²) in [5, 5.41) is 2.77.